The predicted molar refractivity (Wildman–Crippen MR) is 113 cm³/mol. The number of carboxylic acids is 1. The Hall–Kier alpha value is -3.02. The van der Waals surface area contributed by atoms with Gasteiger partial charge in [-0.25, -0.2) is 14.5 Å². The van der Waals surface area contributed by atoms with Gasteiger partial charge in [-0.05, 0) is 30.5 Å². The number of pyridine rings is 1. The number of hydrogen-bond acceptors (Lipinski definition) is 4. The highest BCUT2D eigenvalue weighted by molar-refractivity contribution is 5.95. The number of aromatic carboxylic acids is 1. The minimum atomic E-state index is -0.951. The molecule has 0 bridgehead atoms. The van der Waals surface area contributed by atoms with Gasteiger partial charge in [-0.1, -0.05) is 51.5 Å². The van der Waals surface area contributed by atoms with Crippen molar-refractivity contribution in [1.82, 2.24) is 19.7 Å². The van der Waals surface area contributed by atoms with Crippen LogP contribution in [0.25, 0.3) is 11.3 Å². The van der Waals surface area contributed by atoms with Crippen LogP contribution in [0.4, 0.5) is 0 Å². The number of hydrogen-bond donors (Lipinski definition) is 1. The lowest BCUT2D eigenvalue weighted by Crippen LogP contribution is -2.07. The highest BCUT2D eigenvalue weighted by atomic mass is 16.4. The third-order valence-electron chi connectivity index (χ3n) is 5.16. The Bertz CT molecular complexity index is 963. The molecule has 0 saturated heterocycles. The topological polar surface area (TPSA) is 80.9 Å². The normalized spacial score (nSPS) is 12.1. The Kier molecular flexibility index (Phi) is 6.75. The van der Waals surface area contributed by atoms with Crippen molar-refractivity contribution in [2.45, 2.75) is 58.9 Å². The van der Waals surface area contributed by atoms with E-state index in [1.807, 2.05) is 22.9 Å². The molecule has 1 atom stereocenters. The Morgan fingerprint density at radius 3 is 2.62 bits per heavy atom. The fourth-order valence-electron chi connectivity index (χ4n) is 3.17. The van der Waals surface area contributed by atoms with Gasteiger partial charge in [0.1, 0.15) is 5.82 Å². The molecule has 0 aliphatic carbocycles. The van der Waals surface area contributed by atoms with E-state index in [2.05, 4.69) is 25.8 Å². The summed E-state index contributed by atoms with van der Waals surface area (Å²) in [6, 6.07) is 10.8. The minimum absolute atomic E-state index is 0.255. The van der Waals surface area contributed by atoms with Crippen LogP contribution >= 0.6 is 0 Å². The standard InChI is InChI=1S/C23H28N4O2/c1-4-6-13-27-21(25-22(26-27)16(3)5-2)14-17-11-12-20(24-15-17)18-9-7-8-10-19(18)23(28)29/h7-12,15-16H,4-6,13-14H2,1-3H3,(H,28,29). The molecular weight excluding hydrogens is 364 g/mol. The smallest absolute Gasteiger partial charge is 0.336 e. The summed E-state index contributed by atoms with van der Waals surface area (Å²) in [4.78, 5) is 20.8. The van der Waals surface area contributed by atoms with E-state index in [1.165, 1.54) is 0 Å². The van der Waals surface area contributed by atoms with Gasteiger partial charge in [0.2, 0.25) is 0 Å². The first kappa shape index (κ1) is 20.7. The summed E-state index contributed by atoms with van der Waals surface area (Å²) in [5, 5.41) is 14.1. The molecule has 2 heterocycles. The van der Waals surface area contributed by atoms with E-state index in [0.717, 1.165) is 43.0 Å². The maximum absolute atomic E-state index is 11.5. The maximum atomic E-state index is 11.5. The van der Waals surface area contributed by atoms with E-state index in [0.29, 0.717) is 23.6 Å². The number of nitrogens with zero attached hydrogens (tertiary/aromatic N) is 4. The quantitative estimate of drug-likeness (QED) is 0.558. The molecule has 6 heteroatoms. The Labute approximate surface area is 171 Å². The molecule has 2 aromatic heterocycles. The summed E-state index contributed by atoms with van der Waals surface area (Å²) < 4.78 is 2.03. The average Bonchev–Trinajstić information content (AvgIpc) is 3.14. The zero-order valence-corrected chi connectivity index (χ0v) is 17.3. The molecule has 3 aromatic rings. The second-order valence-corrected chi connectivity index (χ2v) is 7.35. The molecule has 1 aromatic carbocycles. The van der Waals surface area contributed by atoms with Crippen LogP contribution in [0.2, 0.25) is 0 Å². The van der Waals surface area contributed by atoms with Crippen molar-refractivity contribution in [2.24, 2.45) is 0 Å². The van der Waals surface area contributed by atoms with Crippen molar-refractivity contribution in [3.8, 4) is 11.3 Å². The van der Waals surface area contributed by atoms with Gasteiger partial charge >= 0.3 is 5.97 Å². The molecule has 3 rings (SSSR count). The molecule has 1 N–H and O–H groups in total. The molecule has 0 spiro atoms. The number of aromatic nitrogens is 4. The number of benzene rings is 1. The third-order valence-corrected chi connectivity index (χ3v) is 5.16. The van der Waals surface area contributed by atoms with Crippen LogP contribution in [0, 0.1) is 0 Å². The first-order valence-electron chi connectivity index (χ1n) is 10.2. The van der Waals surface area contributed by atoms with Crippen LogP contribution in [-0.2, 0) is 13.0 Å². The lowest BCUT2D eigenvalue weighted by Gasteiger charge is -2.07. The summed E-state index contributed by atoms with van der Waals surface area (Å²) in [5.41, 5.74) is 2.56. The second kappa shape index (κ2) is 9.45. The molecule has 0 amide bonds. The van der Waals surface area contributed by atoms with Gasteiger partial charge in [0.05, 0.1) is 11.3 Å². The molecular formula is C23H28N4O2. The van der Waals surface area contributed by atoms with Crippen molar-refractivity contribution >= 4 is 5.97 Å². The molecule has 1 unspecified atom stereocenters. The lowest BCUT2D eigenvalue weighted by atomic mass is 10.0. The highest BCUT2D eigenvalue weighted by Crippen LogP contribution is 2.23. The first-order chi connectivity index (χ1) is 14.0. The Morgan fingerprint density at radius 2 is 1.97 bits per heavy atom. The van der Waals surface area contributed by atoms with E-state index in [9.17, 15) is 9.90 Å². The van der Waals surface area contributed by atoms with Crippen LogP contribution in [0.15, 0.2) is 42.6 Å². The van der Waals surface area contributed by atoms with E-state index < -0.39 is 5.97 Å². The highest BCUT2D eigenvalue weighted by Gasteiger charge is 2.16. The summed E-state index contributed by atoms with van der Waals surface area (Å²) in [5.74, 6) is 1.24. The van der Waals surface area contributed by atoms with Crippen molar-refractivity contribution < 1.29 is 9.90 Å². The van der Waals surface area contributed by atoms with Crippen LogP contribution < -0.4 is 0 Å². The van der Waals surface area contributed by atoms with Crippen molar-refractivity contribution in [3.05, 3.63) is 65.4 Å². The van der Waals surface area contributed by atoms with Crippen LogP contribution in [0.5, 0.6) is 0 Å². The minimum Gasteiger partial charge on any atom is -0.478 e. The van der Waals surface area contributed by atoms with E-state index in [1.54, 1.807) is 24.4 Å². The number of carbonyl (C=O) groups is 1. The molecule has 0 saturated carbocycles. The summed E-state index contributed by atoms with van der Waals surface area (Å²) in [7, 11) is 0. The molecule has 0 aliphatic heterocycles. The van der Waals surface area contributed by atoms with Gasteiger partial charge in [0.15, 0.2) is 5.82 Å². The fourth-order valence-corrected chi connectivity index (χ4v) is 3.17. The summed E-state index contributed by atoms with van der Waals surface area (Å²) in [6.45, 7) is 7.34. The van der Waals surface area contributed by atoms with Gasteiger partial charge in [-0.15, -0.1) is 0 Å². The van der Waals surface area contributed by atoms with Crippen molar-refractivity contribution in [2.75, 3.05) is 0 Å². The molecule has 152 valence electrons. The van der Waals surface area contributed by atoms with E-state index in [4.69, 9.17) is 10.1 Å². The zero-order valence-electron chi connectivity index (χ0n) is 17.3. The van der Waals surface area contributed by atoms with Gasteiger partial charge in [0, 0.05) is 30.6 Å². The third kappa shape index (κ3) is 4.88. The van der Waals surface area contributed by atoms with Crippen molar-refractivity contribution in [1.29, 1.82) is 0 Å². The predicted octanol–water partition coefficient (Wildman–Crippen LogP) is 4.94. The lowest BCUT2D eigenvalue weighted by molar-refractivity contribution is 0.0697. The number of unbranched alkanes of at least 4 members (excludes halogenated alkanes) is 1. The monoisotopic (exact) mass is 392 g/mol. The molecule has 0 radical (unpaired) electrons. The summed E-state index contributed by atoms with van der Waals surface area (Å²) >= 11 is 0. The average molecular weight is 393 g/mol. The molecule has 0 fully saturated rings. The van der Waals surface area contributed by atoms with Gasteiger partial charge in [0.25, 0.3) is 0 Å². The van der Waals surface area contributed by atoms with E-state index >= 15 is 0 Å². The maximum Gasteiger partial charge on any atom is 0.336 e. The van der Waals surface area contributed by atoms with Crippen LogP contribution in [-0.4, -0.2) is 30.8 Å². The Morgan fingerprint density at radius 1 is 1.17 bits per heavy atom. The SMILES string of the molecule is CCCCn1nc(C(C)CC)nc1Cc1ccc(-c2ccccc2C(=O)O)nc1. The van der Waals surface area contributed by atoms with Gasteiger partial charge < -0.3 is 5.11 Å². The molecule has 29 heavy (non-hydrogen) atoms. The number of aryl methyl sites for hydroxylation is 1. The second-order valence-electron chi connectivity index (χ2n) is 7.35. The Balaban J connectivity index is 1.84. The fraction of sp³-hybridized carbons (Fsp3) is 0.391. The van der Waals surface area contributed by atoms with Gasteiger partial charge in [-0.3, -0.25) is 4.98 Å². The zero-order chi connectivity index (χ0) is 20.8. The summed E-state index contributed by atoms with van der Waals surface area (Å²) in [6.07, 6.45) is 5.64. The van der Waals surface area contributed by atoms with E-state index in [-0.39, 0.29) is 5.56 Å². The largest absolute Gasteiger partial charge is 0.478 e. The number of rotatable bonds is 9. The van der Waals surface area contributed by atoms with Gasteiger partial charge in [-0.2, -0.15) is 5.10 Å². The molecule has 6 nitrogen and oxygen atoms in total. The first-order valence-corrected chi connectivity index (χ1v) is 10.2. The number of carboxylic acid groups (broad SMARTS) is 1. The van der Waals surface area contributed by atoms with Crippen LogP contribution in [0.1, 0.15) is 73.5 Å². The van der Waals surface area contributed by atoms with Crippen LogP contribution in [0.3, 0.4) is 0 Å². The van der Waals surface area contributed by atoms with Crippen molar-refractivity contribution in [3.63, 3.8) is 0 Å². The molecule has 0 aliphatic rings.